The highest BCUT2D eigenvalue weighted by atomic mass is 16.7. The lowest BCUT2D eigenvalue weighted by Gasteiger charge is -2.11. The molecule has 0 aromatic carbocycles. The Bertz CT molecular complexity index is 367. The van der Waals surface area contributed by atoms with Crippen LogP contribution in [0.5, 0.6) is 0 Å². The molecule has 0 radical (unpaired) electrons. The lowest BCUT2D eigenvalue weighted by molar-refractivity contribution is -0.481. The first kappa shape index (κ1) is 15.5. The minimum atomic E-state index is -0.412. The van der Waals surface area contributed by atoms with E-state index in [0.29, 0.717) is 24.8 Å². The maximum Gasteiger partial charge on any atom is 0.472 e. The highest BCUT2D eigenvalue weighted by Crippen LogP contribution is 2.09. The number of ether oxygens (including phenoxy) is 1. The van der Waals surface area contributed by atoms with Crippen molar-refractivity contribution in [2.24, 2.45) is 5.16 Å². The largest absolute Gasteiger partial charge is 0.472 e. The van der Waals surface area contributed by atoms with Gasteiger partial charge in [-0.25, -0.2) is 14.3 Å². The van der Waals surface area contributed by atoms with E-state index in [4.69, 9.17) is 9.57 Å². The Morgan fingerprint density at radius 3 is 2.37 bits per heavy atom. The molecule has 0 bridgehead atoms. The van der Waals surface area contributed by atoms with Crippen molar-refractivity contribution in [3.63, 3.8) is 0 Å². The molecule has 1 fully saturated rings. The SMILES string of the molecule is CCOC(=O)C(CC)=NOC(N1CCCC1)=[N+](C)C. The van der Waals surface area contributed by atoms with Crippen molar-refractivity contribution in [2.45, 2.75) is 33.1 Å². The van der Waals surface area contributed by atoms with Gasteiger partial charge >= 0.3 is 12.0 Å². The second-order valence-corrected chi connectivity index (χ2v) is 4.57. The Morgan fingerprint density at radius 1 is 1.26 bits per heavy atom. The molecule has 19 heavy (non-hydrogen) atoms. The Hall–Kier alpha value is -1.59. The average Bonchev–Trinajstić information content (AvgIpc) is 2.88. The molecular formula is C13H24N3O3+. The lowest BCUT2D eigenvalue weighted by Crippen LogP contribution is -2.35. The Kier molecular flexibility index (Phi) is 6.32. The number of likely N-dealkylation sites (tertiary alicyclic amines) is 1. The zero-order valence-electron chi connectivity index (χ0n) is 12.3. The van der Waals surface area contributed by atoms with E-state index in [1.165, 1.54) is 0 Å². The molecule has 0 N–H and O–H groups in total. The van der Waals surface area contributed by atoms with Crippen LogP contribution < -0.4 is 0 Å². The third-order valence-corrected chi connectivity index (χ3v) is 2.84. The quantitative estimate of drug-likeness (QED) is 0.252. The number of hydrogen-bond donors (Lipinski definition) is 0. The summed E-state index contributed by atoms with van der Waals surface area (Å²) >= 11 is 0. The van der Waals surface area contributed by atoms with Gasteiger partial charge < -0.3 is 4.74 Å². The minimum absolute atomic E-state index is 0.306. The fraction of sp³-hybridized carbons (Fsp3) is 0.769. The van der Waals surface area contributed by atoms with Crippen LogP contribution in [0.25, 0.3) is 0 Å². The van der Waals surface area contributed by atoms with Gasteiger partial charge in [0.15, 0.2) is 5.71 Å². The summed E-state index contributed by atoms with van der Waals surface area (Å²) in [5.74, 6) is -0.412. The summed E-state index contributed by atoms with van der Waals surface area (Å²) in [5.41, 5.74) is 0.306. The van der Waals surface area contributed by atoms with E-state index in [2.05, 4.69) is 10.1 Å². The summed E-state index contributed by atoms with van der Waals surface area (Å²) in [7, 11) is 3.80. The van der Waals surface area contributed by atoms with Crippen LogP contribution in [0.15, 0.2) is 5.16 Å². The third kappa shape index (κ3) is 4.54. The smallest absolute Gasteiger partial charge is 0.461 e. The van der Waals surface area contributed by atoms with Crippen molar-refractivity contribution in [2.75, 3.05) is 33.8 Å². The van der Waals surface area contributed by atoms with Crippen LogP contribution >= 0.6 is 0 Å². The van der Waals surface area contributed by atoms with Gasteiger partial charge in [-0.05, 0) is 26.2 Å². The molecule has 1 rings (SSSR count). The number of carbonyl (C=O) groups is 1. The molecule has 0 spiro atoms. The number of rotatable bonds is 4. The van der Waals surface area contributed by atoms with E-state index in [1.807, 2.05) is 25.6 Å². The molecule has 1 saturated heterocycles. The number of hydrogen-bond acceptors (Lipinski definition) is 4. The zero-order valence-corrected chi connectivity index (χ0v) is 12.3. The van der Waals surface area contributed by atoms with E-state index < -0.39 is 5.97 Å². The van der Waals surface area contributed by atoms with Crippen molar-refractivity contribution in [3.8, 4) is 0 Å². The molecule has 6 heteroatoms. The van der Waals surface area contributed by atoms with Gasteiger partial charge in [0.05, 0.1) is 33.8 Å². The number of amidine groups is 1. The van der Waals surface area contributed by atoms with Gasteiger partial charge in [0, 0.05) is 0 Å². The molecule has 0 unspecified atom stereocenters. The second kappa shape index (κ2) is 7.76. The molecule has 0 saturated carbocycles. The van der Waals surface area contributed by atoms with E-state index >= 15 is 0 Å². The summed E-state index contributed by atoms with van der Waals surface area (Å²) in [4.78, 5) is 19.2. The minimum Gasteiger partial charge on any atom is -0.461 e. The van der Waals surface area contributed by atoms with Crippen molar-refractivity contribution in [1.82, 2.24) is 4.90 Å². The van der Waals surface area contributed by atoms with Crippen LogP contribution in [0.4, 0.5) is 0 Å². The molecular weight excluding hydrogens is 246 g/mol. The molecule has 6 nitrogen and oxygen atoms in total. The molecule has 1 heterocycles. The molecule has 0 aromatic heterocycles. The first-order chi connectivity index (χ1) is 9.10. The maximum atomic E-state index is 11.6. The van der Waals surface area contributed by atoms with Crippen LogP contribution in [0.2, 0.25) is 0 Å². The average molecular weight is 270 g/mol. The van der Waals surface area contributed by atoms with Crippen LogP contribution in [-0.4, -0.2) is 61.0 Å². The Labute approximate surface area is 114 Å². The van der Waals surface area contributed by atoms with Crippen LogP contribution in [-0.2, 0) is 14.4 Å². The van der Waals surface area contributed by atoms with Crippen LogP contribution in [0.3, 0.4) is 0 Å². The molecule has 0 atom stereocenters. The molecule has 0 aromatic rings. The summed E-state index contributed by atoms with van der Waals surface area (Å²) in [5, 5.41) is 3.95. The Balaban J connectivity index is 2.73. The molecule has 0 amide bonds. The van der Waals surface area contributed by atoms with Gasteiger partial charge in [-0.2, -0.15) is 0 Å². The molecule has 108 valence electrons. The highest BCUT2D eigenvalue weighted by Gasteiger charge is 2.27. The lowest BCUT2D eigenvalue weighted by atomic mass is 10.3. The normalized spacial score (nSPS) is 15.4. The summed E-state index contributed by atoms with van der Waals surface area (Å²) in [6, 6.07) is 0.674. The standard InChI is InChI=1S/C13H24N3O3/c1-5-11(12(17)18-6-2)14-19-13(15(3)4)16-9-7-8-10-16/h5-10H2,1-4H3/q+1. The van der Waals surface area contributed by atoms with Gasteiger partial charge in [-0.15, -0.1) is 0 Å². The van der Waals surface area contributed by atoms with E-state index in [1.54, 1.807) is 6.92 Å². The van der Waals surface area contributed by atoms with Crippen LogP contribution in [0, 0.1) is 0 Å². The highest BCUT2D eigenvalue weighted by molar-refractivity contribution is 6.36. The fourth-order valence-electron chi connectivity index (χ4n) is 1.89. The van der Waals surface area contributed by atoms with Crippen LogP contribution in [0.1, 0.15) is 33.1 Å². The second-order valence-electron chi connectivity index (χ2n) is 4.57. The number of carbonyl (C=O) groups excluding carboxylic acids is 1. The van der Waals surface area contributed by atoms with Crippen molar-refractivity contribution in [1.29, 1.82) is 0 Å². The molecule has 1 aliphatic rings. The van der Waals surface area contributed by atoms with E-state index in [9.17, 15) is 4.79 Å². The van der Waals surface area contributed by atoms with Gasteiger partial charge in [0.1, 0.15) is 0 Å². The van der Waals surface area contributed by atoms with Crippen molar-refractivity contribution in [3.05, 3.63) is 0 Å². The van der Waals surface area contributed by atoms with Crippen molar-refractivity contribution < 1.29 is 18.9 Å². The predicted molar refractivity (Wildman–Crippen MR) is 73.4 cm³/mol. The number of nitrogens with zero attached hydrogens (tertiary/aromatic N) is 3. The van der Waals surface area contributed by atoms with Gasteiger partial charge in [0.25, 0.3) is 0 Å². The van der Waals surface area contributed by atoms with E-state index in [-0.39, 0.29) is 0 Å². The van der Waals surface area contributed by atoms with Gasteiger partial charge in [-0.3, -0.25) is 4.84 Å². The summed E-state index contributed by atoms with van der Waals surface area (Å²) < 4.78 is 6.80. The summed E-state index contributed by atoms with van der Waals surface area (Å²) in [6.45, 7) is 5.89. The topological polar surface area (TPSA) is 54.1 Å². The van der Waals surface area contributed by atoms with Gasteiger partial charge in [0.2, 0.25) is 0 Å². The number of oxime groups is 1. The monoisotopic (exact) mass is 270 g/mol. The predicted octanol–water partition coefficient (Wildman–Crippen LogP) is 1.06. The first-order valence-corrected chi connectivity index (χ1v) is 6.80. The number of esters is 1. The summed E-state index contributed by atoms with van der Waals surface area (Å²) in [6.07, 6.45) is 2.80. The molecule has 0 aliphatic carbocycles. The van der Waals surface area contributed by atoms with Gasteiger partial charge in [-0.1, -0.05) is 12.1 Å². The first-order valence-electron chi connectivity index (χ1n) is 6.80. The fourth-order valence-corrected chi connectivity index (χ4v) is 1.89. The maximum absolute atomic E-state index is 11.6. The van der Waals surface area contributed by atoms with Crippen molar-refractivity contribution >= 4 is 17.7 Å². The Morgan fingerprint density at radius 2 is 1.89 bits per heavy atom. The zero-order chi connectivity index (χ0) is 14.3. The third-order valence-electron chi connectivity index (χ3n) is 2.84. The van der Waals surface area contributed by atoms with E-state index in [0.717, 1.165) is 25.9 Å². The molecule has 1 aliphatic heterocycles.